The quantitative estimate of drug-likeness (QED) is 0.244. The van der Waals surface area contributed by atoms with Gasteiger partial charge in [-0.15, -0.1) is 13.2 Å². The number of aliphatic imine (C=N–C) groups is 1. The minimum atomic E-state index is -4.78. The highest BCUT2D eigenvalue weighted by molar-refractivity contribution is 6.04. The summed E-state index contributed by atoms with van der Waals surface area (Å²) in [4.78, 5) is 17.5. The monoisotopic (exact) mass is 517 g/mol. The Morgan fingerprint density at radius 1 is 0.946 bits per heavy atom. The Hall–Kier alpha value is -3.75. The zero-order valence-electron chi connectivity index (χ0n) is 20.1. The molecule has 2 atom stereocenters. The van der Waals surface area contributed by atoms with Crippen LogP contribution < -0.4 is 4.74 Å². The number of nitrogens with zero attached hydrogens (tertiary/aromatic N) is 1. The molecule has 4 nitrogen and oxygen atoms in total. The van der Waals surface area contributed by atoms with E-state index in [1.54, 1.807) is 24.3 Å². The van der Waals surface area contributed by atoms with Gasteiger partial charge in [-0.25, -0.2) is 8.78 Å². The lowest BCUT2D eigenvalue weighted by molar-refractivity contribution is -0.274. The molecule has 0 radical (unpaired) electrons. The molecule has 0 aromatic heterocycles. The van der Waals surface area contributed by atoms with Gasteiger partial charge in [0.15, 0.2) is 0 Å². The van der Waals surface area contributed by atoms with Gasteiger partial charge < -0.3 is 9.47 Å². The molecule has 0 saturated carbocycles. The predicted octanol–water partition coefficient (Wildman–Crippen LogP) is 7.28. The Labute approximate surface area is 210 Å². The highest BCUT2D eigenvalue weighted by Crippen LogP contribution is 2.39. The van der Waals surface area contributed by atoms with E-state index in [0.717, 1.165) is 12.1 Å². The van der Waals surface area contributed by atoms with Crippen LogP contribution in [0.25, 0.3) is 11.1 Å². The average Bonchev–Trinajstić information content (AvgIpc) is 3.27. The van der Waals surface area contributed by atoms with Crippen molar-refractivity contribution in [3.63, 3.8) is 0 Å². The fraction of sp³-hybridized carbons (Fsp3) is 0.286. The first-order valence-electron chi connectivity index (χ1n) is 11.7. The molecule has 1 heterocycles. The minimum absolute atomic E-state index is 0.0157. The lowest BCUT2D eigenvalue weighted by atomic mass is 9.90. The second-order valence-corrected chi connectivity index (χ2v) is 9.15. The van der Waals surface area contributed by atoms with Gasteiger partial charge >= 0.3 is 12.3 Å². The van der Waals surface area contributed by atoms with Crippen molar-refractivity contribution in [2.45, 2.75) is 32.7 Å². The van der Waals surface area contributed by atoms with Gasteiger partial charge in [0, 0.05) is 12.1 Å². The van der Waals surface area contributed by atoms with Crippen LogP contribution >= 0.6 is 0 Å². The number of carbonyl (C=O) groups is 1. The van der Waals surface area contributed by atoms with Gasteiger partial charge in [0.25, 0.3) is 0 Å². The molecular weight excluding hydrogens is 493 g/mol. The first-order chi connectivity index (χ1) is 17.5. The molecule has 3 aromatic carbocycles. The Morgan fingerprint density at radius 2 is 1.51 bits per heavy atom. The summed E-state index contributed by atoms with van der Waals surface area (Å²) in [5.74, 6) is -3.01. The third-order valence-corrected chi connectivity index (χ3v) is 5.88. The number of carbonyl (C=O) groups excluding carboxylic acids is 1. The van der Waals surface area contributed by atoms with Crippen LogP contribution in [0.3, 0.4) is 0 Å². The zero-order chi connectivity index (χ0) is 26.7. The van der Waals surface area contributed by atoms with E-state index in [9.17, 15) is 26.7 Å². The van der Waals surface area contributed by atoms with Gasteiger partial charge in [-0.2, -0.15) is 0 Å². The van der Waals surface area contributed by atoms with Crippen LogP contribution in [0.2, 0.25) is 0 Å². The SMILES string of the molecule is CC(C)COC(=O)C1CC(c2c(F)cccc2F)=N[C@H]1c1ccc(-c2ccc(OC(F)(F)F)cc2)cc1. The molecule has 1 aliphatic rings. The van der Waals surface area contributed by atoms with Crippen molar-refractivity contribution in [2.75, 3.05) is 6.61 Å². The number of alkyl halides is 3. The Bertz CT molecular complexity index is 1260. The molecule has 0 saturated heterocycles. The van der Waals surface area contributed by atoms with Gasteiger partial charge in [0.2, 0.25) is 0 Å². The number of hydrogen-bond donors (Lipinski definition) is 0. The van der Waals surface area contributed by atoms with Crippen LogP contribution in [0.1, 0.15) is 37.4 Å². The molecule has 37 heavy (non-hydrogen) atoms. The summed E-state index contributed by atoms with van der Waals surface area (Å²) in [5.41, 5.74) is 1.89. The molecule has 194 valence electrons. The molecule has 0 spiro atoms. The summed E-state index contributed by atoms with van der Waals surface area (Å²) < 4.78 is 75.5. The molecule has 4 rings (SSSR count). The number of benzene rings is 3. The van der Waals surface area contributed by atoms with Crippen molar-refractivity contribution in [2.24, 2.45) is 16.8 Å². The number of esters is 1. The predicted molar refractivity (Wildman–Crippen MR) is 128 cm³/mol. The normalized spacial score (nSPS) is 17.6. The van der Waals surface area contributed by atoms with Crippen molar-refractivity contribution in [1.82, 2.24) is 0 Å². The van der Waals surface area contributed by atoms with Crippen molar-refractivity contribution in [3.05, 3.63) is 89.5 Å². The van der Waals surface area contributed by atoms with Crippen LogP contribution in [0.5, 0.6) is 5.75 Å². The highest BCUT2D eigenvalue weighted by atomic mass is 19.4. The molecule has 0 amide bonds. The maximum absolute atomic E-state index is 14.5. The number of halogens is 5. The fourth-order valence-electron chi connectivity index (χ4n) is 4.17. The molecule has 0 fully saturated rings. The van der Waals surface area contributed by atoms with E-state index in [1.165, 1.54) is 30.3 Å². The lowest BCUT2D eigenvalue weighted by Crippen LogP contribution is -2.23. The van der Waals surface area contributed by atoms with E-state index in [-0.39, 0.29) is 36.0 Å². The lowest BCUT2D eigenvalue weighted by Gasteiger charge is -2.18. The molecule has 9 heteroatoms. The number of hydrogen-bond acceptors (Lipinski definition) is 4. The van der Waals surface area contributed by atoms with E-state index < -0.39 is 35.9 Å². The topological polar surface area (TPSA) is 47.9 Å². The molecule has 0 bridgehead atoms. The van der Waals surface area contributed by atoms with Gasteiger partial charge in [-0.3, -0.25) is 9.79 Å². The Kier molecular flexibility index (Phi) is 7.61. The summed E-state index contributed by atoms with van der Waals surface area (Å²) in [7, 11) is 0. The smallest absolute Gasteiger partial charge is 0.465 e. The number of ether oxygens (including phenoxy) is 2. The molecule has 3 aromatic rings. The number of rotatable bonds is 7. The second-order valence-electron chi connectivity index (χ2n) is 9.15. The second kappa shape index (κ2) is 10.7. The highest BCUT2D eigenvalue weighted by Gasteiger charge is 2.39. The van der Waals surface area contributed by atoms with Crippen LogP contribution in [-0.4, -0.2) is 24.7 Å². The summed E-state index contributed by atoms with van der Waals surface area (Å²) in [6, 6.07) is 15.2. The van der Waals surface area contributed by atoms with E-state index in [4.69, 9.17) is 4.74 Å². The van der Waals surface area contributed by atoms with Crippen LogP contribution in [0, 0.1) is 23.5 Å². The summed E-state index contributed by atoms with van der Waals surface area (Å²) in [6.45, 7) is 4.01. The summed E-state index contributed by atoms with van der Waals surface area (Å²) in [6.07, 6.45) is -4.76. The van der Waals surface area contributed by atoms with Gasteiger partial charge in [-0.05, 0) is 46.9 Å². The van der Waals surface area contributed by atoms with Crippen LogP contribution in [-0.2, 0) is 9.53 Å². The van der Waals surface area contributed by atoms with E-state index in [0.29, 0.717) is 16.7 Å². The Morgan fingerprint density at radius 3 is 2.05 bits per heavy atom. The molecule has 0 N–H and O–H groups in total. The van der Waals surface area contributed by atoms with Crippen molar-refractivity contribution >= 4 is 11.7 Å². The third kappa shape index (κ3) is 6.34. The van der Waals surface area contributed by atoms with Crippen molar-refractivity contribution in [3.8, 4) is 16.9 Å². The first kappa shape index (κ1) is 26.3. The standard InChI is InChI=1S/C28H24F5NO3/c1-16(2)15-36-27(35)21-14-24(25-22(29)4-3-5-23(25)30)34-26(21)19-8-6-17(7-9-19)18-10-12-20(13-11-18)37-28(31,32)33/h3-13,16,21,26H,14-15H2,1-2H3/t21?,26-/m0/s1. The summed E-state index contributed by atoms with van der Waals surface area (Å²) in [5, 5.41) is 0. The van der Waals surface area contributed by atoms with E-state index in [1.807, 2.05) is 13.8 Å². The van der Waals surface area contributed by atoms with Crippen molar-refractivity contribution < 1.29 is 36.2 Å². The van der Waals surface area contributed by atoms with E-state index >= 15 is 0 Å². The largest absolute Gasteiger partial charge is 0.573 e. The van der Waals surface area contributed by atoms with Crippen LogP contribution in [0.4, 0.5) is 22.0 Å². The Balaban J connectivity index is 1.61. The maximum Gasteiger partial charge on any atom is 0.573 e. The van der Waals surface area contributed by atoms with Gasteiger partial charge in [-0.1, -0.05) is 56.3 Å². The molecule has 1 unspecified atom stereocenters. The first-order valence-corrected chi connectivity index (χ1v) is 11.7. The third-order valence-electron chi connectivity index (χ3n) is 5.88. The maximum atomic E-state index is 14.5. The molecule has 1 aliphatic heterocycles. The van der Waals surface area contributed by atoms with E-state index in [2.05, 4.69) is 9.73 Å². The summed E-state index contributed by atoms with van der Waals surface area (Å²) >= 11 is 0. The van der Waals surface area contributed by atoms with Crippen molar-refractivity contribution in [1.29, 1.82) is 0 Å². The fourth-order valence-corrected chi connectivity index (χ4v) is 4.17. The van der Waals surface area contributed by atoms with Gasteiger partial charge in [0.1, 0.15) is 17.4 Å². The average molecular weight is 517 g/mol. The molecule has 0 aliphatic carbocycles. The van der Waals surface area contributed by atoms with Crippen LogP contribution in [0.15, 0.2) is 71.7 Å². The zero-order valence-corrected chi connectivity index (χ0v) is 20.1. The molecular formula is C28H24F5NO3. The minimum Gasteiger partial charge on any atom is -0.465 e. The van der Waals surface area contributed by atoms with Gasteiger partial charge in [0.05, 0.1) is 24.1 Å².